The van der Waals surface area contributed by atoms with E-state index in [1.54, 1.807) is 49.8 Å². The first-order valence-electron chi connectivity index (χ1n) is 9.98. The van der Waals surface area contributed by atoms with Gasteiger partial charge in [0.1, 0.15) is 10.7 Å². The van der Waals surface area contributed by atoms with Gasteiger partial charge in [-0.1, -0.05) is 12.1 Å². The summed E-state index contributed by atoms with van der Waals surface area (Å²) in [5, 5.41) is 12.4. The van der Waals surface area contributed by atoms with Gasteiger partial charge in [0, 0.05) is 37.7 Å². The lowest BCUT2D eigenvalue weighted by Crippen LogP contribution is -2.30. The quantitative estimate of drug-likeness (QED) is 0.580. The Balaban J connectivity index is 1.37. The number of aromatic nitrogens is 4. The van der Waals surface area contributed by atoms with Gasteiger partial charge in [-0.2, -0.15) is 9.40 Å². The van der Waals surface area contributed by atoms with Crippen LogP contribution >= 0.6 is 0 Å². The fraction of sp³-hybridized carbons (Fsp3) is 0.381. The van der Waals surface area contributed by atoms with Gasteiger partial charge in [0.25, 0.3) is 0 Å². The second kappa shape index (κ2) is 8.35. The van der Waals surface area contributed by atoms with Gasteiger partial charge in [0.15, 0.2) is 0 Å². The molecule has 10 heteroatoms. The minimum atomic E-state index is -3.60. The molecule has 31 heavy (non-hydrogen) atoms. The van der Waals surface area contributed by atoms with Gasteiger partial charge < -0.3 is 4.74 Å². The van der Waals surface area contributed by atoms with Crippen molar-refractivity contribution in [3.63, 3.8) is 0 Å². The average molecular weight is 446 g/mol. The first-order chi connectivity index (χ1) is 14.8. The van der Waals surface area contributed by atoms with Crippen LogP contribution in [0.1, 0.15) is 17.8 Å². The predicted octanol–water partition coefficient (Wildman–Crippen LogP) is 2.72. The molecule has 1 saturated heterocycles. The lowest BCUT2D eigenvalue weighted by molar-refractivity contribution is 0.244. The molecule has 1 unspecified atom stereocenters. The number of halogens is 1. The summed E-state index contributed by atoms with van der Waals surface area (Å²) < 4.78 is 48.4. The number of hydrogen-bond donors (Lipinski definition) is 0. The van der Waals surface area contributed by atoms with Gasteiger partial charge in [-0.05, 0) is 38.5 Å². The van der Waals surface area contributed by atoms with E-state index in [0.717, 1.165) is 0 Å². The van der Waals surface area contributed by atoms with Gasteiger partial charge >= 0.3 is 0 Å². The lowest BCUT2D eigenvalue weighted by atomic mass is 10.1. The minimum absolute atomic E-state index is 0.0526. The van der Waals surface area contributed by atoms with Gasteiger partial charge in [-0.3, -0.25) is 4.68 Å². The van der Waals surface area contributed by atoms with Crippen molar-refractivity contribution in [2.24, 2.45) is 13.0 Å². The fourth-order valence-corrected chi connectivity index (χ4v) is 5.74. The number of ether oxygens (including phenoxy) is 1. The third-order valence-electron chi connectivity index (χ3n) is 5.52. The summed E-state index contributed by atoms with van der Waals surface area (Å²) in [6, 6.07) is 9.54. The summed E-state index contributed by atoms with van der Waals surface area (Å²) in [6.45, 7) is 4.63. The molecule has 0 amide bonds. The van der Waals surface area contributed by atoms with E-state index in [9.17, 15) is 12.8 Å². The molecule has 1 atom stereocenters. The van der Waals surface area contributed by atoms with Gasteiger partial charge in [0.2, 0.25) is 15.9 Å². The molecule has 0 N–H and O–H groups in total. The summed E-state index contributed by atoms with van der Waals surface area (Å²) in [5.74, 6) is 0.0641. The van der Waals surface area contributed by atoms with E-state index in [2.05, 4.69) is 15.3 Å². The van der Waals surface area contributed by atoms with Crippen LogP contribution in [0.15, 0.2) is 41.3 Å². The molecule has 4 rings (SSSR count). The number of nitrogens with zero attached hydrogens (tertiary/aromatic N) is 5. The van der Waals surface area contributed by atoms with E-state index in [1.807, 2.05) is 0 Å². The lowest BCUT2D eigenvalue weighted by Gasteiger charge is -2.17. The highest BCUT2D eigenvalue weighted by Gasteiger charge is 2.36. The van der Waals surface area contributed by atoms with E-state index in [0.29, 0.717) is 54.6 Å². The van der Waals surface area contributed by atoms with E-state index in [4.69, 9.17) is 4.74 Å². The largest absolute Gasteiger partial charge is 0.476 e. The van der Waals surface area contributed by atoms with Crippen molar-refractivity contribution in [2.45, 2.75) is 25.2 Å². The van der Waals surface area contributed by atoms with Crippen LogP contribution in [0.25, 0.3) is 11.3 Å². The van der Waals surface area contributed by atoms with Gasteiger partial charge in [-0.25, -0.2) is 12.8 Å². The van der Waals surface area contributed by atoms with Crippen LogP contribution in [0, 0.1) is 25.6 Å². The Hall–Kier alpha value is -2.85. The molecule has 0 radical (unpaired) electrons. The molecular weight excluding hydrogens is 421 g/mol. The normalized spacial score (nSPS) is 17.2. The Bertz CT molecular complexity index is 1190. The Morgan fingerprint density at radius 1 is 1.19 bits per heavy atom. The SMILES string of the molecule is Cc1nn(C)c(C)c1S(=O)(=O)N1CCC(COc2ccc(-c3cccc(F)c3)nn2)C1. The van der Waals surface area contributed by atoms with Crippen LogP contribution in [0.2, 0.25) is 0 Å². The number of rotatable bonds is 6. The molecule has 1 fully saturated rings. The van der Waals surface area contributed by atoms with Crippen LogP contribution < -0.4 is 4.74 Å². The summed E-state index contributed by atoms with van der Waals surface area (Å²) in [7, 11) is -1.86. The predicted molar refractivity (Wildman–Crippen MR) is 112 cm³/mol. The molecule has 2 aromatic heterocycles. The highest BCUT2D eigenvalue weighted by molar-refractivity contribution is 7.89. The smallest absolute Gasteiger partial charge is 0.246 e. The summed E-state index contributed by atoms with van der Waals surface area (Å²) in [4.78, 5) is 0.287. The molecular formula is C21H24FN5O3S. The highest BCUT2D eigenvalue weighted by Crippen LogP contribution is 2.28. The third-order valence-corrected chi connectivity index (χ3v) is 7.63. The highest BCUT2D eigenvalue weighted by atomic mass is 32.2. The van der Waals surface area contributed by atoms with E-state index in [-0.39, 0.29) is 16.6 Å². The minimum Gasteiger partial charge on any atom is -0.476 e. The molecule has 3 heterocycles. The van der Waals surface area contributed by atoms with Crippen molar-refractivity contribution in [1.82, 2.24) is 24.3 Å². The first-order valence-corrected chi connectivity index (χ1v) is 11.4. The zero-order valence-electron chi connectivity index (χ0n) is 17.6. The van der Waals surface area contributed by atoms with Crippen molar-refractivity contribution >= 4 is 10.0 Å². The van der Waals surface area contributed by atoms with Gasteiger partial charge in [0.05, 0.1) is 23.7 Å². The second-order valence-electron chi connectivity index (χ2n) is 7.72. The van der Waals surface area contributed by atoms with Crippen LogP contribution in [0.4, 0.5) is 4.39 Å². The maximum absolute atomic E-state index is 13.4. The van der Waals surface area contributed by atoms with Crippen LogP contribution in [0.3, 0.4) is 0 Å². The number of benzene rings is 1. The first kappa shape index (κ1) is 21.4. The van der Waals surface area contributed by atoms with Gasteiger partial charge in [-0.15, -0.1) is 10.2 Å². The topological polar surface area (TPSA) is 90.2 Å². The fourth-order valence-electron chi connectivity index (χ4n) is 3.81. The number of aryl methyl sites for hydroxylation is 2. The zero-order chi connectivity index (χ0) is 22.2. The monoisotopic (exact) mass is 445 g/mol. The molecule has 8 nitrogen and oxygen atoms in total. The number of sulfonamides is 1. The summed E-state index contributed by atoms with van der Waals surface area (Å²) >= 11 is 0. The van der Waals surface area contributed by atoms with Crippen molar-refractivity contribution < 1.29 is 17.5 Å². The molecule has 164 valence electrons. The van der Waals surface area contributed by atoms with Crippen molar-refractivity contribution in [3.05, 3.63) is 53.6 Å². The molecule has 0 saturated carbocycles. The number of hydrogen-bond acceptors (Lipinski definition) is 6. The third kappa shape index (κ3) is 4.31. The Morgan fingerprint density at radius 3 is 2.65 bits per heavy atom. The molecule has 1 aromatic carbocycles. The standard InChI is InChI=1S/C21H24FN5O3S/c1-14-21(15(2)26(3)25-14)31(28,29)27-10-9-16(12-27)13-30-20-8-7-19(23-24-20)17-5-4-6-18(22)11-17/h4-8,11,16H,9-10,12-13H2,1-3H3. The average Bonchev–Trinajstić information content (AvgIpc) is 3.32. The van der Waals surface area contributed by atoms with Crippen LogP contribution in [0.5, 0.6) is 5.88 Å². The summed E-state index contributed by atoms with van der Waals surface area (Å²) in [6.07, 6.45) is 0.701. The van der Waals surface area contributed by atoms with E-state index < -0.39 is 10.0 Å². The molecule has 1 aliphatic rings. The van der Waals surface area contributed by atoms with Crippen molar-refractivity contribution in [1.29, 1.82) is 0 Å². The molecule has 0 bridgehead atoms. The van der Waals surface area contributed by atoms with Crippen molar-refractivity contribution in [2.75, 3.05) is 19.7 Å². The summed E-state index contributed by atoms with van der Waals surface area (Å²) in [5.41, 5.74) is 2.32. The van der Waals surface area contributed by atoms with Crippen molar-refractivity contribution in [3.8, 4) is 17.1 Å². The molecule has 0 spiro atoms. The molecule has 1 aliphatic heterocycles. The second-order valence-corrected chi connectivity index (χ2v) is 9.59. The van der Waals surface area contributed by atoms with E-state index in [1.165, 1.54) is 16.4 Å². The molecule has 0 aliphatic carbocycles. The maximum Gasteiger partial charge on any atom is 0.246 e. The molecule has 3 aromatic rings. The zero-order valence-corrected chi connectivity index (χ0v) is 18.4. The van der Waals surface area contributed by atoms with Crippen LogP contribution in [-0.2, 0) is 17.1 Å². The van der Waals surface area contributed by atoms with Crippen LogP contribution in [-0.4, -0.2) is 52.4 Å². The Kier molecular flexibility index (Phi) is 5.76. The Morgan fingerprint density at radius 2 is 2.00 bits per heavy atom. The maximum atomic E-state index is 13.4. The van der Waals surface area contributed by atoms with E-state index >= 15 is 0 Å². The Labute approximate surface area is 180 Å².